The quantitative estimate of drug-likeness (QED) is 0.419. The summed E-state index contributed by atoms with van der Waals surface area (Å²) in [5.74, 6) is 0. The van der Waals surface area contributed by atoms with Crippen molar-refractivity contribution in [2.24, 2.45) is 4.99 Å². The third-order valence-electron chi connectivity index (χ3n) is 0.568. The van der Waals surface area contributed by atoms with Gasteiger partial charge in [-0.25, -0.2) is 0 Å². The summed E-state index contributed by atoms with van der Waals surface area (Å²) in [6.45, 7) is 1.99. The second-order valence-corrected chi connectivity index (χ2v) is 0.989. The molecule has 7 heavy (non-hydrogen) atoms. The minimum atomic E-state index is 0.958. The molecule has 0 bridgehead atoms. The van der Waals surface area contributed by atoms with E-state index >= 15 is 0 Å². The van der Waals surface area contributed by atoms with Crippen LogP contribution < -0.4 is 5.32 Å². The molecule has 0 amide bonds. The van der Waals surface area contributed by atoms with Gasteiger partial charge in [0.15, 0.2) is 0 Å². The van der Waals surface area contributed by atoms with Gasteiger partial charge in [-0.05, 0) is 9.47 Å². The lowest BCUT2D eigenvalue weighted by Crippen LogP contribution is -2.04. The van der Waals surface area contributed by atoms with Gasteiger partial charge < -0.3 is 10.2 Å². The number of aliphatic imine (C=N–C) groups is 1. The highest BCUT2D eigenvalue weighted by Gasteiger charge is 1.82. The summed E-state index contributed by atoms with van der Waals surface area (Å²) in [4.78, 5) is 10.8. The summed E-state index contributed by atoms with van der Waals surface area (Å²) >= 11 is 0. The van der Waals surface area contributed by atoms with E-state index in [0.717, 1.165) is 13.1 Å². The highest BCUT2D eigenvalue weighted by molar-refractivity contribution is 7.08. The molecule has 0 fully saturated rings. The van der Waals surface area contributed by atoms with Gasteiger partial charge in [0, 0.05) is 6.54 Å². The van der Waals surface area contributed by atoms with Crippen molar-refractivity contribution < 1.29 is 4.89 Å². The van der Waals surface area contributed by atoms with Gasteiger partial charge in [0.05, 0.1) is 12.9 Å². The summed E-state index contributed by atoms with van der Waals surface area (Å²) in [7, 11) is 1.42. The Kier molecular flexibility index (Phi) is 5.74. The Bertz CT molecular complexity index is 50.9. The fourth-order valence-corrected chi connectivity index (χ4v) is 0.323. The minimum absolute atomic E-state index is 0.958. The highest BCUT2D eigenvalue weighted by atomic mass is 31.0. The average Bonchev–Trinajstić information content (AvgIpc) is 2.23. The Balaban J connectivity index is 0.000000162. The molecule has 0 aliphatic carbocycles. The second kappa shape index (κ2) is 5.86. The number of hydrogen-bond donors (Lipinski definition) is 2. The van der Waals surface area contributed by atoms with Gasteiger partial charge in [-0.1, -0.05) is 0 Å². The standard InChI is InChI=1S/C3H6N2.H3OP/c1-2-5-3-4-1;1-2/h3H,1-2H2,(H,4,5);1H,2H2. The number of nitrogens with zero attached hydrogens (tertiary/aromatic N) is 1. The Morgan fingerprint density at radius 1 is 1.71 bits per heavy atom. The average molecular weight is 120 g/mol. The van der Waals surface area contributed by atoms with Crippen LogP contribution in [0.2, 0.25) is 0 Å². The molecule has 0 aromatic carbocycles. The molecule has 0 spiro atoms. The van der Waals surface area contributed by atoms with Crippen molar-refractivity contribution in [2.45, 2.75) is 0 Å². The van der Waals surface area contributed by atoms with E-state index in [1.165, 1.54) is 9.47 Å². The largest absolute Gasteiger partial charge is 0.380 e. The van der Waals surface area contributed by atoms with Crippen LogP contribution in [0.1, 0.15) is 0 Å². The lowest BCUT2D eigenvalue weighted by atomic mass is 10.7. The Labute approximate surface area is 45.1 Å². The van der Waals surface area contributed by atoms with Crippen LogP contribution in [-0.4, -0.2) is 24.3 Å². The number of hydrogen-bond acceptors (Lipinski definition) is 3. The molecule has 42 valence electrons. The molecule has 0 saturated heterocycles. The first-order chi connectivity index (χ1) is 3.50. The molecule has 4 heteroatoms. The maximum Gasteiger partial charge on any atom is 0.0825 e. The van der Waals surface area contributed by atoms with Gasteiger partial charge in [0.2, 0.25) is 0 Å². The van der Waals surface area contributed by atoms with Crippen LogP contribution in [0.15, 0.2) is 4.99 Å². The van der Waals surface area contributed by atoms with Crippen molar-refractivity contribution in [2.75, 3.05) is 13.1 Å². The topological polar surface area (TPSA) is 44.6 Å². The molecule has 0 aromatic heterocycles. The highest BCUT2D eigenvalue weighted by Crippen LogP contribution is 1.68. The molecule has 1 heterocycles. The van der Waals surface area contributed by atoms with E-state index in [1.807, 2.05) is 0 Å². The number of rotatable bonds is 0. The van der Waals surface area contributed by atoms with E-state index in [-0.39, 0.29) is 0 Å². The van der Waals surface area contributed by atoms with E-state index in [0.29, 0.717) is 0 Å². The second-order valence-electron chi connectivity index (χ2n) is 0.989. The summed E-state index contributed by atoms with van der Waals surface area (Å²) in [6.07, 6.45) is 1.74. The maximum atomic E-state index is 6.92. The first kappa shape index (κ1) is 6.86. The zero-order valence-corrected chi connectivity index (χ0v) is 5.12. The fourth-order valence-electron chi connectivity index (χ4n) is 0.323. The molecule has 1 aliphatic heterocycles. The molecule has 0 aromatic rings. The Morgan fingerprint density at radius 2 is 2.43 bits per heavy atom. The lowest BCUT2D eigenvalue weighted by Gasteiger charge is -1.75. The molecular formula is C3H9N2OP. The van der Waals surface area contributed by atoms with Crippen molar-refractivity contribution in [3.8, 4) is 0 Å². The van der Waals surface area contributed by atoms with Crippen molar-refractivity contribution in [3.05, 3.63) is 0 Å². The third-order valence-corrected chi connectivity index (χ3v) is 0.568. The van der Waals surface area contributed by atoms with Crippen LogP contribution in [0.5, 0.6) is 0 Å². The zero-order valence-electron chi connectivity index (χ0n) is 3.96. The SMILES string of the molecule is C1=NCCN1.OP. The molecule has 1 rings (SSSR count). The maximum absolute atomic E-state index is 6.92. The van der Waals surface area contributed by atoms with Crippen molar-refractivity contribution in [3.63, 3.8) is 0 Å². The van der Waals surface area contributed by atoms with Gasteiger partial charge in [-0.2, -0.15) is 0 Å². The number of nitrogens with one attached hydrogen (secondary N) is 1. The van der Waals surface area contributed by atoms with Gasteiger partial charge in [0.1, 0.15) is 0 Å². The normalized spacial score (nSPS) is 14.6. The van der Waals surface area contributed by atoms with Crippen molar-refractivity contribution >= 4 is 15.8 Å². The summed E-state index contributed by atoms with van der Waals surface area (Å²) in [6, 6.07) is 0. The summed E-state index contributed by atoms with van der Waals surface area (Å²) in [5.41, 5.74) is 0. The van der Waals surface area contributed by atoms with E-state index in [1.54, 1.807) is 6.34 Å². The smallest absolute Gasteiger partial charge is 0.0825 e. The van der Waals surface area contributed by atoms with Crippen LogP contribution >= 0.6 is 9.47 Å². The molecule has 1 atom stereocenters. The monoisotopic (exact) mass is 120 g/mol. The van der Waals surface area contributed by atoms with Gasteiger partial charge in [-0.3, -0.25) is 4.99 Å². The van der Waals surface area contributed by atoms with Crippen LogP contribution in [-0.2, 0) is 0 Å². The Morgan fingerprint density at radius 3 is 2.57 bits per heavy atom. The van der Waals surface area contributed by atoms with E-state index < -0.39 is 0 Å². The molecule has 1 unspecified atom stereocenters. The Hall–Kier alpha value is -0.140. The molecule has 2 N–H and O–H groups in total. The van der Waals surface area contributed by atoms with Gasteiger partial charge >= 0.3 is 0 Å². The molecule has 0 saturated carbocycles. The lowest BCUT2D eigenvalue weighted by molar-refractivity contribution is 0.664. The van der Waals surface area contributed by atoms with E-state index in [9.17, 15) is 0 Å². The van der Waals surface area contributed by atoms with Crippen LogP contribution in [0.4, 0.5) is 0 Å². The summed E-state index contributed by atoms with van der Waals surface area (Å²) < 4.78 is 0. The van der Waals surface area contributed by atoms with Crippen molar-refractivity contribution in [1.82, 2.24) is 5.32 Å². The van der Waals surface area contributed by atoms with Crippen LogP contribution in [0, 0.1) is 0 Å². The van der Waals surface area contributed by atoms with Crippen molar-refractivity contribution in [1.29, 1.82) is 0 Å². The van der Waals surface area contributed by atoms with E-state index in [4.69, 9.17) is 4.89 Å². The molecule has 0 radical (unpaired) electrons. The predicted molar refractivity (Wildman–Crippen MR) is 33.3 cm³/mol. The zero-order chi connectivity index (χ0) is 5.54. The molecule has 3 nitrogen and oxygen atoms in total. The third kappa shape index (κ3) is 3.70. The molecule has 1 aliphatic rings. The van der Waals surface area contributed by atoms with E-state index in [2.05, 4.69) is 10.3 Å². The molecular weight excluding hydrogens is 111 g/mol. The first-order valence-corrected chi connectivity index (χ1v) is 2.49. The summed E-state index contributed by atoms with van der Waals surface area (Å²) in [5, 5.41) is 2.93. The van der Waals surface area contributed by atoms with Gasteiger partial charge in [-0.15, -0.1) is 0 Å². The van der Waals surface area contributed by atoms with Gasteiger partial charge in [0.25, 0.3) is 0 Å². The van der Waals surface area contributed by atoms with Crippen LogP contribution in [0.25, 0.3) is 0 Å². The predicted octanol–water partition coefficient (Wildman–Crippen LogP) is -0.613. The fraction of sp³-hybridized carbons (Fsp3) is 0.667. The minimum Gasteiger partial charge on any atom is -0.380 e. The van der Waals surface area contributed by atoms with Crippen LogP contribution in [0.3, 0.4) is 0 Å². The first-order valence-electron chi connectivity index (χ1n) is 1.97.